The minimum absolute atomic E-state index is 0.00666. The lowest BCUT2D eigenvalue weighted by molar-refractivity contribution is -0.141. The van der Waals surface area contributed by atoms with E-state index >= 15 is 0 Å². The van der Waals surface area contributed by atoms with Crippen molar-refractivity contribution >= 4 is 23.2 Å². The van der Waals surface area contributed by atoms with E-state index in [1.54, 1.807) is 0 Å². The molecule has 0 unspecified atom stereocenters. The molecule has 0 amide bonds. The molecule has 0 aliphatic heterocycles. The molecular formula is C24H14Cl2F6N2O. The highest BCUT2D eigenvalue weighted by atomic mass is 35.5. The van der Waals surface area contributed by atoms with Crippen LogP contribution in [-0.2, 0) is 19.0 Å². The molecule has 11 heteroatoms. The van der Waals surface area contributed by atoms with Gasteiger partial charge in [-0.15, -0.1) is 0 Å². The van der Waals surface area contributed by atoms with Crippen LogP contribution in [0, 0.1) is 0 Å². The molecule has 0 saturated carbocycles. The van der Waals surface area contributed by atoms with Crippen molar-refractivity contribution in [1.29, 1.82) is 0 Å². The Morgan fingerprint density at radius 3 is 2.00 bits per heavy atom. The van der Waals surface area contributed by atoms with Gasteiger partial charge in [0.2, 0.25) is 0 Å². The number of para-hydroxylation sites is 1. The molecule has 0 N–H and O–H groups in total. The first-order valence-electron chi connectivity index (χ1n) is 9.95. The SMILES string of the molecule is FC(F)(F)c1cc(COc2ccc(-c3ccccc3C(F)(F)F)cc2)n(-c2c(Cl)cccc2Cl)n1. The van der Waals surface area contributed by atoms with Gasteiger partial charge in [-0.05, 0) is 47.5 Å². The molecule has 0 radical (unpaired) electrons. The summed E-state index contributed by atoms with van der Waals surface area (Å²) in [6, 6.07) is 16.1. The van der Waals surface area contributed by atoms with Crippen LogP contribution in [0.3, 0.4) is 0 Å². The van der Waals surface area contributed by atoms with Crippen LogP contribution in [0.2, 0.25) is 10.0 Å². The lowest BCUT2D eigenvalue weighted by Crippen LogP contribution is -2.09. The topological polar surface area (TPSA) is 27.1 Å². The number of benzene rings is 3. The van der Waals surface area contributed by atoms with Crippen molar-refractivity contribution in [3.63, 3.8) is 0 Å². The quantitative estimate of drug-likeness (QED) is 0.242. The van der Waals surface area contributed by atoms with Gasteiger partial charge < -0.3 is 4.74 Å². The predicted molar refractivity (Wildman–Crippen MR) is 120 cm³/mol. The maximum Gasteiger partial charge on any atom is 0.435 e. The molecule has 0 saturated heterocycles. The normalized spacial score (nSPS) is 12.1. The fourth-order valence-electron chi connectivity index (χ4n) is 3.42. The number of halogens is 8. The smallest absolute Gasteiger partial charge is 0.435 e. The van der Waals surface area contributed by atoms with E-state index in [4.69, 9.17) is 27.9 Å². The zero-order valence-corrected chi connectivity index (χ0v) is 19.0. The Balaban J connectivity index is 1.62. The van der Waals surface area contributed by atoms with Crippen molar-refractivity contribution in [3.05, 3.63) is 99.8 Å². The summed E-state index contributed by atoms with van der Waals surface area (Å²) in [6.45, 7) is -0.344. The van der Waals surface area contributed by atoms with Crippen molar-refractivity contribution < 1.29 is 31.1 Å². The molecule has 4 aromatic rings. The summed E-state index contributed by atoms with van der Waals surface area (Å²) in [6.07, 6.45) is -9.25. The van der Waals surface area contributed by atoms with Gasteiger partial charge in [-0.25, -0.2) is 4.68 Å². The van der Waals surface area contributed by atoms with Crippen LogP contribution in [0.5, 0.6) is 5.75 Å². The lowest BCUT2D eigenvalue weighted by atomic mass is 9.99. The summed E-state index contributed by atoms with van der Waals surface area (Å²) in [5, 5.41) is 3.78. The second-order valence-electron chi connectivity index (χ2n) is 7.36. The first-order chi connectivity index (χ1) is 16.4. The average Bonchev–Trinajstić information content (AvgIpc) is 3.22. The number of hydrogen-bond donors (Lipinski definition) is 0. The first kappa shape index (κ1) is 24.9. The second-order valence-corrected chi connectivity index (χ2v) is 8.17. The zero-order valence-electron chi connectivity index (χ0n) is 17.5. The lowest BCUT2D eigenvalue weighted by Gasteiger charge is -2.14. The Hall–Kier alpha value is -3.17. The number of ether oxygens (including phenoxy) is 1. The van der Waals surface area contributed by atoms with Crippen LogP contribution in [-0.4, -0.2) is 9.78 Å². The second kappa shape index (κ2) is 9.47. The summed E-state index contributed by atoms with van der Waals surface area (Å²) >= 11 is 12.3. The minimum atomic E-state index is -4.72. The largest absolute Gasteiger partial charge is 0.487 e. The third-order valence-corrected chi connectivity index (χ3v) is 5.62. The van der Waals surface area contributed by atoms with Gasteiger partial charge >= 0.3 is 12.4 Å². The van der Waals surface area contributed by atoms with E-state index in [1.165, 1.54) is 60.7 Å². The Bertz CT molecular complexity index is 1330. The van der Waals surface area contributed by atoms with Crippen LogP contribution in [0.25, 0.3) is 16.8 Å². The summed E-state index contributed by atoms with van der Waals surface area (Å²) in [5.74, 6) is 0.227. The molecule has 0 atom stereocenters. The molecule has 0 spiro atoms. The van der Waals surface area contributed by atoms with E-state index < -0.39 is 23.6 Å². The number of rotatable bonds is 5. The average molecular weight is 531 g/mol. The summed E-state index contributed by atoms with van der Waals surface area (Å²) in [5.41, 5.74) is -1.58. The van der Waals surface area contributed by atoms with Crippen molar-refractivity contribution in [3.8, 4) is 22.6 Å². The van der Waals surface area contributed by atoms with E-state index in [2.05, 4.69) is 5.10 Å². The molecule has 0 bridgehead atoms. The van der Waals surface area contributed by atoms with Crippen molar-refractivity contribution in [2.24, 2.45) is 0 Å². The monoisotopic (exact) mass is 530 g/mol. The maximum atomic E-state index is 13.3. The highest BCUT2D eigenvalue weighted by molar-refractivity contribution is 6.37. The Kier molecular flexibility index (Phi) is 6.75. The molecule has 35 heavy (non-hydrogen) atoms. The fraction of sp³-hybridized carbons (Fsp3) is 0.125. The van der Waals surface area contributed by atoms with Crippen molar-refractivity contribution in [2.75, 3.05) is 0 Å². The molecule has 1 heterocycles. The van der Waals surface area contributed by atoms with E-state index in [9.17, 15) is 26.3 Å². The number of nitrogens with zero attached hydrogens (tertiary/aromatic N) is 2. The van der Waals surface area contributed by atoms with Gasteiger partial charge in [0.25, 0.3) is 0 Å². The Morgan fingerprint density at radius 1 is 0.771 bits per heavy atom. The fourth-order valence-corrected chi connectivity index (χ4v) is 3.97. The van der Waals surface area contributed by atoms with Gasteiger partial charge in [0.1, 0.15) is 18.0 Å². The Labute approximate surface area is 205 Å². The molecule has 182 valence electrons. The molecular weight excluding hydrogens is 517 g/mol. The highest BCUT2D eigenvalue weighted by Crippen LogP contribution is 2.38. The van der Waals surface area contributed by atoms with Gasteiger partial charge in [0, 0.05) is 0 Å². The minimum Gasteiger partial charge on any atom is -0.487 e. The Morgan fingerprint density at radius 2 is 1.40 bits per heavy atom. The van der Waals surface area contributed by atoms with Crippen LogP contribution in [0.15, 0.2) is 72.8 Å². The van der Waals surface area contributed by atoms with Gasteiger partial charge in [-0.1, -0.05) is 59.6 Å². The van der Waals surface area contributed by atoms with Gasteiger partial charge in [0.05, 0.1) is 21.3 Å². The third-order valence-electron chi connectivity index (χ3n) is 5.01. The number of alkyl halides is 6. The maximum absolute atomic E-state index is 13.3. The van der Waals surface area contributed by atoms with Crippen molar-refractivity contribution in [1.82, 2.24) is 9.78 Å². The van der Waals surface area contributed by atoms with E-state index in [-0.39, 0.29) is 39.3 Å². The summed E-state index contributed by atoms with van der Waals surface area (Å²) in [4.78, 5) is 0. The molecule has 3 nitrogen and oxygen atoms in total. The molecule has 0 aliphatic rings. The van der Waals surface area contributed by atoms with E-state index in [0.717, 1.165) is 16.8 Å². The van der Waals surface area contributed by atoms with Gasteiger partial charge in [-0.3, -0.25) is 0 Å². The van der Waals surface area contributed by atoms with Crippen LogP contribution in [0.1, 0.15) is 17.0 Å². The number of aromatic nitrogens is 2. The molecule has 3 aromatic carbocycles. The molecule has 1 aromatic heterocycles. The molecule has 0 aliphatic carbocycles. The van der Waals surface area contributed by atoms with Gasteiger partial charge in [-0.2, -0.15) is 31.4 Å². The standard InChI is InChI=1S/C24H14Cl2F6N2O/c25-19-6-3-7-20(26)22(19)34-15(12-21(33-34)24(30,31)32)13-35-16-10-8-14(9-11-16)17-4-1-2-5-18(17)23(27,28)29/h1-12H,13H2. The predicted octanol–water partition coefficient (Wildman–Crippen LogP) is 8.46. The van der Waals surface area contributed by atoms with Gasteiger partial charge in [0.15, 0.2) is 5.69 Å². The van der Waals surface area contributed by atoms with Crippen LogP contribution >= 0.6 is 23.2 Å². The highest BCUT2D eigenvalue weighted by Gasteiger charge is 2.36. The van der Waals surface area contributed by atoms with E-state index in [0.29, 0.717) is 5.56 Å². The summed E-state index contributed by atoms with van der Waals surface area (Å²) in [7, 11) is 0. The summed E-state index contributed by atoms with van der Waals surface area (Å²) < 4.78 is 86.5. The van der Waals surface area contributed by atoms with Crippen LogP contribution < -0.4 is 4.74 Å². The third kappa shape index (κ3) is 5.41. The van der Waals surface area contributed by atoms with E-state index in [1.807, 2.05) is 0 Å². The van der Waals surface area contributed by atoms with Crippen LogP contribution in [0.4, 0.5) is 26.3 Å². The number of hydrogen-bond acceptors (Lipinski definition) is 2. The zero-order chi connectivity index (χ0) is 25.4. The first-order valence-corrected chi connectivity index (χ1v) is 10.7. The molecule has 0 fully saturated rings. The van der Waals surface area contributed by atoms with Crippen molar-refractivity contribution in [2.45, 2.75) is 19.0 Å². The molecule has 4 rings (SSSR count).